The Balaban J connectivity index is 2.35. The lowest BCUT2D eigenvalue weighted by atomic mass is 9.87. The normalized spacial score (nSPS) is 11.5. The molecule has 0 aliphatic carbocycles. The quantitative estimate of drug-likeness (QED) is 0.714. The number of hydrogen-bond acceptors (Lipinski definition) is 4. The van der Waals surface area contributed by atoms with E-state index >= 15 is 0 Å². The van der Waals surface area contributed by atoms with E-state index in [9.17, 15) is 0 Å². The zero-order valence-electron chi connectivity index (χ0n) is 11.2. The summed E-state index contributed by atoms with van der Waals surface area (Å²) in [5, 5.41) is 11.1. The molecule has 0 aliphatic rings. The lowest BCUT2D eigenvalue weighted by Crippen LogP contribution is -2.23. The molecule has 0 aliphatic heterocycles. The third-order valence-electron chi connectivity index (χ3n) is 2.89. The van der Waals surface area contributed by atoms with Crippen LogP contribution in [-0.4, -0.2) is 16.7 Å². The molecule has 1 aromatic heterocycles. The van der Waals surface area contributed by atoms with Crippen molar-refractivity contribution in [3.8, 4) is 0 Å². The van der Waals surface area contributed by atoms with Crippen molar-refractivity contribution in [2.75, 3.05) is 17.6 Å². The van der Waals surface area contributed by atoms with E-state index < -0.39 is 0 Å². The van der Waals surface area contributed by atoms with Crippen LogP contribution < -0.4 is 11.1 Å². The number of hydrogen-bond donors (Lipinski definition) is 2. The monoisotopic (exact) mass is 236 g/mol. The molecule has 0 saturated heterocycles. The molecular formula is C13H24N4. The van der Waals surface area contributed by atoms with E-state index in [2.05, 4.69) is 36.3 Å². The summed E-state index contributed by atoms with van der Waals surface area (Å²) < 4.78 is 0. The van der Waals surface area contributed by atoms with Gasteiger partial charge >= 0.3 is 0 Å². The number of nitrogens with zero attached hydrogens (tertiary/aromatic N) is 2. The van der Waals surface area contributed by atoms with Gasteiger partial charge in [0.1, 0.15) is 11.6 Å². The first kappa shape index (κ1) is 13.7. The van der Waals surface area contributed by atoms with E-state index in [0.29, 0.717) is 5.82 Å². The molecule has 1 heterocycles. The maximum atomic E-state index is 5.49. The maximum Gasteiger partial charge on any atom is 0.148 e. The van der Waals surface area contributed by atoms with Gasteiger partial charge in [0.2, 0.25) is 0 Å². The van der Waals surface area contributed by atoms with Gasteiger partial charge in [0.05, 0.1) is 0 Å². The largest absolute Gasteiger partial charge is 0.382 e. The van der Waals surface area contributed by atoms with Gasteiger partial charge in [-0.3, -0.25) is 0 Å². The van der Waals surface area contributed by atoms with Crippen molar-refractivity contribution in [3.63, 3.8) is 0 Å². The third-order valence-corrected chi connectivity index (χ3v) is 2.89. The van der Waals surface area contributed by atoms with Crippen molar-refractivity contribution in [2.24, 2.45) is 5.41 Å². The molecule has 0 amide bonds. The van der Waals surface area contributed by atoms with Crippen LogP contribution in [0, 0.1) is 5.41 Å². The first-order chi connectivity index (χ1) is 8.03. The number of anilines is 2. The van der Waals surface area contributed by atoms with Crippen LogP contribution >= 0.6 is 0 Å². The summed E-state index contributed by atoms with van der Waals surface area (Å²) in [4.78, 5) is 0. The highest BCUT2D eigenvalue weighted by molar-refractivity contribution is 5.38. The van der Waals surface area contributed by atoms with E-state index in [1.807, 2.05) is 6.07 Å². The van der Waals surface area contributed by atoms with Crippen molar-refractivity contribution in [3.05, 3.63) is 12.1 Å². The molecule has 0 aromatic carbocycles. The average molecular weight is 236 g/mol. The molecule has 0 atom stereocenters. The van der Waals surface area contributed by atoms with Gasteiger partial charge in [-0.05, 0) is 24.0 Å². The Labute approximate surface area is 104 Å². The molecule has 0 spiro atoms. The summed E-state index contributed by atoms with van der Waals surface area (Å²) in [7, 11) is 0. The van der Waals surface area contributed by atoms with E-state index in [1.165, 1.54) is 25.7 Å². The predicted octanol–water partition coefficient (Wildman–Crippen LogP) is 3.08. The Hall–Kier alpha value is -1.32. The lowest BCUT2D eigenvalue weighted by Gasteiger charge is -2.25. The van der Waals surface area contributed by atoms with E-state index in [1.54, 1.807) is 6.07 Å². The molecular weight excluding hydrogens is 212 g/mol. The predicted molar refractivity (Wildman–Crippen MR) is 72.9 cm³/mol. The van der Waals surface area contributed by atoms with E-state index in [-0.39, 0.29) is 5.41 Å². The average Bonchev–Trinajstić information content (AvgIpc) is 2.29. The number of rotatable bonds is 7. The van der Waals surface area contributed by atoms with Crippen LogP contribution in [0.2, 0.25) is 0 Å². The van der Waals surface area contributed by atoms with Crippen LogP contribution in [0.3, 0.4) is 0 Å². The minimum atomic E-state index is 0.290. The summed E-state index contributed by atoms with van der Waals surface area (Å²) in [5.41, 5.74) is 5.78. The Morgan fingerprint density at radius 2 is 2.00 bits per heavy atom. The molecule has 0 saturated carbocycles. The number of aromatic nitrogens is 2. The van der Waals surface area contributed by atoms with E-state index in [4.69, 9.17) is 5.73 Å². The molecule has 3 N–H and O–H groups in total. The molecule has 0 fully saturated rings. The Morgan fingerprint density at radius 3 is 2.59 bits per heavy atom. The summed E-state index contributed by atoms with van der Waals surface area (Å²) in [6.45, 7) is 7.70. The van der Waals surface area contributed by atoms with Gasteiger partial charge < -0.3 is 11.1 Å². The van der Waals surface area contributed by atoms with Crippen LogP contribution in [0.15, 0.2) is 12.1 Å². The van der Waals surface area contributed by atoms with Gasteiger partial charge in [0, 0.05) is 6.54 Å². The topological polar surface area (TPSA) is 63.8 Å². The fourth-order valence-corrected chi connectivity index (χ4v) is 1.71. The first-order valence-electron chi connectivity index (χ1n) is 6.36. The molecule has 1 rings (SSSR count). The van der Waals surface area contributed by atoms with Crippen molar-refractivity contribution in [1.29, 1.82) is 0 Å². The second-order valence-electron chi connectivity index (χ2n) is 5.32. The summed E-state index contributed by atoms with van der Waals surface area (Å²) in [6.07, 6.45) is 5.10. The lowest BCUT2D eigenvalue weighted by molar-refractivity contribution is 0.342. The van der Waals surface area contributed by atoms with Crippen molar-refractivity contribution in [2.45, 2.75) is 46.5 Å². The van der Waals surface area contributed by atoms with Crippen LogP contribution in [0.1, 0.15) is 46.5 Å². The minimum Gasteiger partial charge on any atom is -0.382 e. The van der Waals surface area contributed by atoms with Crippen LogP contribution in [-0.2, 0) is 0 Å². The second kappa shape index (κ2) is 6.42. The zero-order chi connectivity index (χ0) is 12.7. The molecule has 17 heavy (non-hydrogen) atoms. The highest BCUT2D eigenvalue weighted by Gasteiger charge is 2.17. The minimum absolute atomic E-state index is 0.290. The third kappa shape index (κ3) is 5.52. The Bertz CT molecular complexity index is 319. The number of nitrogen functional groups attached to an aromatic ring is 1. The molecule has 96 valence electrons. The molecule has 1 aromatic rings. The van der Waals surface area contributed by atoms with Gasteiger partial charge in [-0.2, -0.15) is 0 Å². The number of unbranched alkanes of at least 4 members (excludes halogenated alkanes) is 2. The van der Waals surface area contributed by atoms with Crippen LogP contribution in [0.25, 0.3) is 0 Å². The summed E-state index contributed by atoms with van der Waals surface area (Å²) >= 11 is 0. The van der Waals surface area contributed by atoms with Gasteiger partial charge in [-0.1, -0.05) is 40.0 Å². The molecule has 4 nitrogen and oxygen atoms in total. The molecule has 0 bridgehead atoms. The van der Waals surface area contributed by atoms with Crippen molar-refractivity contribution in [1.82, 2.24) is 10.2 Å². The van der Waals surface area contributed by atoms with Gasteiger partial charge in [-0.15, -0.1) is 10.2 Å². The first-order valence-corrected chi connectivity index (χ1v) is 6.36. The van der Waals surface area contributed by atoms with Crippen molar-refractivity contribution >= 4 is 11.6 Å². The van der Waals surface area contributed by atoms with Gasteiger partial charge in [0.15, 0.2) is 0 Å². The highest BCUT2D eigenvalue weighted by atomic mass is 15.2. The van der Waals surface area contributed by atoms with Gasteiger partial charge in [-0.25, -0.2) is 0 Å². The van der Waals surface area contributed by atoms with Crippen LogP contribution in [0.5, 0.6) is 0 Å². The highest BCUT2D eigenvalue weighted by Crippen LogP contribution is 2.23. The van der Waals surface area contributed by atoms with Gasteiger partial charge in [0.25, 0.3) is 0 Å². The van der Waals surface area contributed by atoms with Crippen molar-refractivity contribution < 1.29 is 0 Å². The fraction of sp³-hybridized carbons (Fsp3) is 0.692. The SMILES string of the molecule is CCCCCC(C)(C)CNc1ccc(N)nn1. The number of nitrogens with two attached hydrogens (primary N) is 1. The smallest absolute Gasteiger partial charge is 0.148 e. The zero-order valence-corrected chi connectivity index (χ0v) is 11.2. The Morgan fingerprint density at radius 1 is 1.24 bits per heavy atom. The summed E-state index contributed by atoms with van der Waals surface area (Å²) in [6, 6.07) is 3.63. The number of nitrogens with one attached hydrogen (secondary N) is 1. The molecule has 0 radical (unpaired) electrons. The Kier molecular flexibility index (Phi) is 5.19. The molecule has 0 unspecified atom stereocenters. The maximum absolute atomic E-state index is 5.49. The van der Waals surface area contributed by atoms with E-state index in [0.717, 1.165) is 12.4 Å². The summed E-state index contributed by atoms with van der Waals surface area (Å²) in [5.74, 6) is 1.25. The standard InChI is InChI=1S/C13H24N4/c1-4-5-6-9-13(2,3)10-15-12-8-7-11(14)16-17-12/h7-8H,4-6,9-10H2,1-3H3,(H2,14,16)(H,15,17). The fourth-order valence-electron chi connectivity index (χ4n) is 1.71. The second-order valence-corrected chi connectivity index (χ2v) is 5.32. The van der Waals surface area contributed by atoms with Crippen LogP contribution in [0.4, 0.5) is 11.6 Å². The molecule has 4 heteroatoms.